The summed E-state index contributed by atoms with van der Waals surface area (Å²) in [4.78, 5) is 28.5. The fourth-order valence-corrected chi connectivity index (χ4v) is 5.33. The van der Waals surface area contributed by atoms with Crippen molar-refractivity contribution in [3.63, 3.8) is 0 Å². The van der Waals surface area contributed by atoms with Crippen molar-refractivity contribution in [1.82, 2.24) is 5.32 Å². The standard InChI is InChI=1S/C27H33FN2O3/c1-17-5-4-6-24(18(17)2)29-27(32)23-15-16-25(31)30(21-11-13-22(33-3)14-12-21)26(23)19-7-9-20(28)10-8-19/h7-14,17-18,23-24,26H,4-6,15-16H2,1-3H3,(H,29,32)/t17-,18-,23-,24+,26-/m0/s1. The topological polar surface area (TPSA) is 58.6 Å². The molecule has 5 nitrogen and oxygen atoms in total. The molecule has 0 unspecified atom stereocenters. The zero-order valence-electron chi connectivity index (χ0n) is 19.6. The second-order valence-corrected chi connectivity index (χ2v) is 9.49. The minimum Gasteiger partial charge on any atom is -0.497 e. The van der Waals surface area contributed by atoms with Crippen LogP contribution < -0.4 is 15.0 Å². The van der Waals surface area contributed by atoms with E-state index in [9.17, 15) is 14.0 Å². The van der Waals surface area contributed by atoms with Crippen LogP contribution in [0.15, 0.2) is 48.5 Å². The molecule has 0 bridgehead atoms. The summed E-state index contributed by atoms with van der Waals surface area (Å²) in [6.07, 6.45) is 4.04. The molecule has 5 atom stereocenters. The second-order valence-electron chi connectivity index (χ2n) is 9.49. The van der Waals surface area contributed by atoms with E-state index in [4.69, 9.17) is 4.74 Å². The van der Waals surface area contributed by atoms with Crippen molar-refractivity contribution in [2.75, 3.05) is 12.0 Å². The Labute approximate surface area is 195 Å². The number of piperidine rings is 1. The maximum Gasteiger partial charge on any atom is 0.227 e. The molecule has 1 heterocycles. The number of methoxy groups -OCH3 is 1. The van der Waals surface area contributed by atoms with Gasteiger partial charge in [0.15, 0.2) is 0 Å². The first-order valence-corrected chi connectivity index (χ1v) is 11.9. The highest BCUT2D eigenvalue weighted by molar-refractivity contribution is 5.97. The Bertz CT molecular complexity index is 976. The fourth-order valence-electron chi connectivity index (χ4n) is 5.33. The van der Waals surface area contributed by atoms with Crippen LogP contribution in [0.4, 0.5) is 10.1 Å². The van der Waals surface area contributed by atoms with E-state index < -0.39 is 12.0 Å². The summed E-state index contributed by atoms with van der Waals surface area (Å²) in [5.41, 5.74) is 1.46. The number of amides is 2. The molecule has 1 saturated heterocycles. The Morgan fingerprint density at radius 1 is 1.03 bits per heavy atom. The van der Waals surface area contributed by atoms with E-state index in [1.165, 1.54) is 18.6 Å². The van der Waals surface area contributed by atoms with Crippen LogP contribution in [0.2, 0.25) is 0 Å². The molecular weight excluding hydrogens is 419 g/mol. The summed E-state index contributed by atoms with van der Waals surface area (Å²) in [5.74, 6) is 0.842. The molecular formula is C27H33FN2O3. The van der Waals surface area contributed by atoms with Crippen molar-refractivity contribution >= 4 is 17.5 Å². The minimum absolute atomic E-state index is 0.0266. The van der Waals surface area contributed by atoms with Gasteiger partial charge in [0.05, 0.1) is 19.1 Å². The monoisotopic (exact) mass is 452 g/mol. The van der Waals surface area contributed by atoms with Crippen molar-refractivity contribution in [3.05, 3.63) is 59.9 Å². The molecule has 0 spiro atoms. The van der Waals surface area contributed by atoms with E-state index in [0.29, 0.717) is 36.1 Å². The van der Waals surface area contributed by atoms with Gasteiger partial charge in [0.1, 0.15) is 11.6 Å². The summed E-state index contributed by atoms with van der Waals surface area (Å²) in [5, 5.41) is 3.31. The maximum absolute atomic E-state index is 13.7. The van der Waals surface area contributed by atoms with Crippen LogP contribution in [0.3, 0.4) is 0 Å². The first-order valence-electron chi connectivity index (χ1n) is 11.9. The molecule has 4 rings (SSSR count). The quantitative estimate of drug-likeness (QED) is 0.673. The third-order valence-electron chi connectivity index (χ3n) is 7.53. The van der Waals surface area contributed by atoms with Crippen LogP contribution in [0.1, 0.15) is 57.6 Å². The number of benzene rings is 2. The van der Waals surface area contributed by atoms with Gasteiger partial charge in [-0.3, -0.25) is 9.59 Å². The van der Waals surface area contributed by atoms with Crippen LogP contribution >= 0.6 is 0 Å². The summed E-state index contributed by atoms with van der Waals surface area (Å²) in [7, 11) is 1.59. The Morgan fingerprint density at radius 3 is 2.39 bits per heavy atom. The van der Waals surface area contributed by atoms with Gasteiger partial charge in [-0.05, 0) is 66.6 Å². The summed E-state index contributed by atoms with van der Waals surface area (Å²) in [6, 6.07) is 13.1. The van der Waals surface area contributed by atoms with Crippen molar-refractivity contribution in [2.24, 2.45) is 17.8 Å². The van der Waals surface area contributed by atoms with Crippen molar-refractivity contribution in [1.29, 1.82) is 0 Å². The number of carbonyl (C=O) groups is 2. The third kappa shape index (κ3) is 4.90. The normalized spacial score (nSPS) is 27.8. The molecule has 0 aromatic heterocycles. The predicted molar refractivity (Wildman–Crippen MR) is 126 cm³/mol. The van der Waals surface area contributed by atoms with E-state index in [1.807, 2.05) is 12.1 Å². The summed E-state index contributed by atoms with van der Waals surface area (Å²) in [6.45, 7) is 4.45. The number of anilines is 1. The molecule has 0 radical (unpaired) electrons. The number of hydrogen-bond acceptors (Lipinski definition) is 3. The highest BCUT2D eigenvalue weighted by atomic mass is 19.1. The van der Waals surface area contributed by atoms with E-state index in [1.54, 1.807) is 36.3 Å². The minimum atomic E-state index is -0.503. The Morgan fingerprint density at radius 2 is 1.73 bits per heavy atom. The van der Waals surface area contributed by atoms with E-state index >= 15 is 0 Å². The lowest BCUT2D eigenvalue weighted by molar-refractivity contribution is -0.130. The van der Waals surface area contributed by atoms with Gasteiger partial charge in [0.25, 0.3) is 0 Å². The molecule has 1 aliphatic carbocycles. The van der Waals surface area contributed by atoms with Gasteiger partial charge >= 0.3 is 0 Å². The molecule has 1 aliphatic heterocycles. The van der Waals surface area contributed by atoms with Crippen LogP contribution in [0.5, 0.6) is 5.75 Å². The van der Waals surface area contributed by atoms with Gasteiger partial charge < -0.3 is 15.0 Å². The molecule has 2 amide bonds. The largest absolute Gasteiger partial charge is 0.497 e. The van der Waals surface area contributed by atoms with Crippen LogP contribution in [0.25, 0.3) is 0 Å². The van der Waals surface area contributed by atoms with Gasteiger partial charge in [-0.15, -0.1) is 0 Å². The van der Waals surface area contributed by atoms with Gasteiger partial charge in [-0.2, -0.15) is 0 Å². The molecule has 2 fully saturated rings. The van der Waals surface area contributed by atoms with Crippen LogP contribution in [-0.4, -0.2) is 25.0 Å². The first kappa shape index (κ1) is 23.3. The summed E-state index contributed by atoms with van der Waals surface area (Å²) >= 11 is 0. The molecule has 176 valence electrons. The van der Waals surface area contributed by atoms with Gasteiger partial charge in [-0.1, -0.05) is 38.8 Å². The highest BCUT2D eigenvalue weighted by Gasteiger charge is 2.42. The van der Waals surface area contributed by atoms with E-state index in [2.05, 4.69) is 19.2 Å². The second kappa shape index (κ2) is 9.94. The van der Waals surface area contributed by atoms with Crippen LogP contribution in [-0.2, 0) is 9.59 Å². The van der Waals surface area contributed by atoms with Gasteiger partial charge in [-0.25, -0.2) is 4.39 Å². The lowest BCUT2D eigenvalue weighted by Gasteiger charge is -2.42. The fraction of sp³-hybridized carbons (Fsp3) is 0.481. The van der Waals surface area contributed by atoms with Crippen molar-refractivity contribution in [3.8, 4) is 5.75 Å². The Balaban J connectivity index is 1.67. The average molecular weight is 453 g/mol. The number of nitrogens with one attached hydrogen (secondary N) is 1. The predicted octanol–water partition coefficient (Wildman–Crippen LogP) is 5.26. The smallest absolute Gasteiger partial charge is 0.227 e. The van der Waals surface area contributed by atoms with Crippen LogP contribution in [0, 0.1) is 23.6 Å². The molecule has 2 aromatic rings. The lowest BCUT2D eigenvalue weighted by atomic mass is 9.77. The number of nitrogens with zero attached hydrogens (tertiary/aromatic N) is 1. The molecule has 2 aliphatic rings. The third-order valence-corrected chi connectivity index (χ3v) is 7.53. The zero-order chi connectivity index (χ0) is 23.5. The van der Waals surface area contributed by atoms with Crippen molar-refractivity contribution < 1.29 is 18.7 Å². The molecule has 6 heteroatoms. The average Bonchev–Trinajstić information content (AvgIpc) is 2.82. The van der Waals surface area contributed by atoms with Gasteiger partial charge in [0.2, 0.25) is 11.8 Å². The Hall–Kier alpha value is -2.89. The molecule has 2 aromatic carbocycles. The number of ether oxygens (including phenoxy) is 1. The zero-order valence-corrected chi connectivity index (χ0v) is 19.6. The molecule has 1 saturated carbocycles. The van der Waals surface area contributed by atoms with Crippen molar-refractivity contribution in [2.45, 2.75) is 58.0 Å². The molecule has 1 N–H and O–H groups in total. The maximum atomic E-state index is 13.7. The first-order chi connectivity index (χ1) is 15.9. The van der Waals surface area contributed by atoms with E-state index in [0.717, 1.165) is 18.4 Å². The molecule has 33 heavy (non-hydrogen) atoms. The number of hydrogen-bond donors (Lipinski definition) is 1. The Kier molecular flexibility index (Phi) is 7.01. The number of halogens is 1. The number of carbonyl (C=O) groups excluding carboxylic acids is 2. The number of rotatable bonds is 5. The van der Waals surface area contributed by atoms with Gasteiger partial charge in [0, 0.05) is 18.2 Å². The SMILES string of the molecule is COc1ccc(N2C(=O)CC[C@H](C(=O)N[C@@H]3CCC[C@H](C)[C@@H]3C)[C@@H]2c2ccc(F)cc2)cc1. The lowest BCUT2D eigenvalue weighted by Crippen LogP contribution is -2.52. The highest BCUT2D eigenvalue weighted by Crippen LogP contribution is 2.41. The summed E-state index contributed by atoms with van der Waals surface area (Å²) < 4.78 is 19.0. The van der Waals surface area contributed by atoms with E-state index in [-0.39, 0.29) is 23.7 Å².